The summed E-state index contributed by atoms with van der Waals surface area (Å²) in [6.45, 7) is 3.82. The number of furan rings is 1. The van der Waals surface area contributed by atoms with Gasteiger partial charge in [0.05, 0.1) is 12.2 Å². The number of hydrogen-bond donors (Lipinski definition) is 1. The van der Waals surface area contributed by atoms with Crippen molar-refractivity contribution < 1.29 is 18.7 Å². The Morgan fingerprint density at radius 2 is 2.00 bits per heavy atom. The highest BCUT2D eigenvalue weighted by atomic mass is 32.2. The normalized spacial score (nSPS) is 20.4. The lowest BCUT2D eigenvalue weighted by Crippen LogP contribution is -2.42. The van der Waals surface area contributed by atoms with Crippen molar-refractivity contribution in [2.75, 3.05) is 39.5 Å². The molecule has 1 aromatic heterocycles. The number of nitrogens with zero attached hydrogens (tertiary/aromatic N) is 2. The van der Waals surface area contributed by atoms with E-state index in [1.807, 2.05) is 42.3 Å². The molecule has 0 aliphatic carbocycles. The van der Waals surface area contributed by atoms with Crippen LogP contribution in [0.25, 0.3) is 21.7 Å². The molecule has 7 nitrogen and oxygen atoms in total. The molecule has 5 rings (SSSR count). The quantitative estimate of drug-likeness (QED) is 0.401. The summed E-state index contributed by atoms with van der Waals surface area (Å²) in [5, 5.41) is 5.46. The molecule has 2 aliphatic rings. The lowest BCUT2D eigenvalue weighted by Gasteiger charge is -2.35. The van der Waals surface area contributed by atoms with Crippen LogP contribution in [-0.2, 0) is 9.59 Å². The molecule has 0 bridgehead atoms. The average Bonchev–Trinajstić information content (AvgIpc) is 3.28. The lowest BCUT2D eigenvalue weighted by atomic mass is 9.89. The Bertz CT molecular complexity index is 1200. The maximum absolute atomic E-state index is 12.5. The molecular weight excluding hydrogens is 450 g/mol. The van der Waals surface area contributed by atoms with Crippen molar-refractivity contribution >= 4 is 45.5 Å². The van der Waals surface area contributed by atoms with Crippen LogP contribution in [0, 0.1) is 0 Å². The van der Waals surface area contributed by atoms with E-state index in [1.165, 1.54) is 12.8 Å². The first-order valence-electron chi connectivity index (χ1n) is 11.9. The van der Waals surface area contributed by atoms with E-state index >= 15 is 0 Å². The van der Waals surface area contributed by atoms with Crippen molar-refractivity contribution in [1.29, 1.82) is 0 Å². The summed E-state index contributed by atoms with van der Waals surface area (Å²) in [5.41, 5.74) is 1.59. The number of rotatable bonds is 7. The minimum atomic E-state index is -0.376. The van der Waals surface area contributed by atoms with E-state index in [-0.39, 0.29) is 17.7 Å². The standard InChI is InChI=1S/C26H31N3O4S/c1-28(18-9-11-29(34-2)12-10-18)13-14-32-19-4-5-20-17(15-19)3-7-23-25(20)22(16-33-23)21-6-8-24(30)27-26(21)31/h3-5,7,15-16,18,21H,6,8-14H2,1-2H3,(H,27,30,31). The second-order valence-electron chi connectivity index (χ2n) is 9.19. The van der Waals surface area contributed by atoms with Crippen molar-refractivity contribution in [2.24, 2.45) is 0 Å². The maximum Gasteiger partial charge on any atom is 0.234 e. The van der Waals surface area contributed by atoms with Gasteiger partial charge in [0, 0.05) is 43.0 Å². The number of fused-ring (bicyclic) bond motifs is 3. The molecule has 2 aromatic carbocycles. The number of ether oxygens (including phenoxy) is 1. The van der Waals surface area contributed by atoms with Crippen LogP contribution in [0.5, 0.6) is 5.75 Å². The molecule has 2 aliphatic heterocycles. The van der Waals surface area contributed by atoms with Crippen molar-refractivity contribution in [3.8, 4) is 5.75 Å². The average molecular weight is 482 g/mol. The fourth-order valence-electron chi connectivity index (χ4n) is 5.16. The van der Waals surface area contributed by atoms with Gasteiger partial charge in [-0.15, -0.1) is 0 Å². The van der Waals surface area contributed by atoms with Crippen molar-refractivity contribution in [1.82, 2.24) is 14.5 Å². The van der Waals surface area contributed by atoms with E-state index in [0.29, 0.717) is 25.5 Å². The molecule has 2 amide bonds. The maximum atomic E-state index is 12.5. The Balaban J connectivity index is 1.28. The zero-order valence-corrected chi connectivity index (χ0v) is 20.5. The number of benzene rings is 2. The van der Waals surface area contributed by atoms with E-state index in [4.69, 9.17) is 9.15 Å². The van der Waals surface area contributed by atoms with Crippen molar-refractivity contribution in [3.63, 3.8) is 0 Å². The first kappa shape index (κ1) is 23.2. The van der Waals surface area contributed by atoms with Crippen LogP contribution >= 0.6 is 11.9 Å². The van der Waals surface area contributed by atoms with E-state index in [9.17, 15) is 9.59 Å². The fourth-order valence-corrected chi connectivity index (χ4v) is 5.74. The molecule has 0 radical (unpaired) electrons. The molecule has 34 heavy (non-hydrogen) atoms. The fraction of sp³-hybridized carbons (Fsp3) is 0.462. The van der Waals surface area contributed by atoms with Crippen LogP contribution in [0.2, 0.25) is 0 Å². The van der Waals surface area contributed by atoms with Gasteiger partial charge in [0.2, 0.25) is 11.8 Å². The van der Waals surface area contributed by atoms with Crippen molar-refractivity contribution in [2.45, 2.75) is 37.6 Å². The van der Waals surface area contributed by atoms with Crippen LogP contribution in [0.3, 0.4) is 0 Å². The molecule has 0 saturated carbocycles. The Morgan fingerprint density at radius 1 is 1.18 bits per heavy atom. The van der Waals surface area contributed by atoms with E-state index < -0.39 is 0 Å². The molecular formula is C26H31N3O4S. The first-order chi connectivity index (χ1) is 16.5. The molecule has 2 fully saturated rings. The third-order valence-electron chi connectivity index (χ3n) is 7.19. The molecule has 0 spiro atoms. The zero-order valence-electron chi connectivity index (χ0n) is 19.7. The number of hydrogen-bond acceptors (Lipinski definition) is 7. The van der Waals surface area contributed by atoms with Crippen LogP contribution in [-0.4, -0.2) is 66.6 Å². The van der Waals surface area contributed by atoms with Gasteiger partial charge in [-0.1, -0.05) is 18.0 Å². The summed E-state index contributed by atoms with van der Waals surface area (Å²) in [4.78, 5) is 26.4. The first-order valence-corrected chi connectivity index (χ1v) is 13.1. The van der Waals surface area contributed by atoms with Gasteiger partial charge in [0.1, 0.15) is 17.9 Å². The highest BCUT2D eigenvalue weighted by molar-refractivity contribution is 7.96. The zero-order chi connectivity index (χ0) is 23.7. The van der Waals surface area contributed by atoms with Crippen LogP contribution < -0.4 is 10.1 Å². The number of likely N-dealkylation sites (N-methyl/N-ethyl adjacent to an activating group) is 1. The monoisotopic (exact) mass is 481 g/mol. The second-order valence-corrected chi connectivity index (χ2v) is 10.1. The minimum absolute atomic E-state index is 0.211. The third kappa shape index (κ3) is 4.67. The van der Waals surface area contributed by atoms with Gasteiger partial charge in [0.15, 0.2) is 0 Å². The molecule has 1 unspecified atom stereocenters. The van der Waals surface area contributed by atoms with E-state index in [0.717, 1.165) is 52.7 Å². The number of carbonyl (C=O) groups is 2. The van der Waals surface area contributed by atoms with Gasteiger partial charge in [-0.05, 0) is 67.6 Å². The van der Waals surface area contributed by atoms with Crippen LogP contribution in [0.1, 0.15) is 37.2 Å². The Morgan fingerprint density at radius 3 is 2.76 bits per heavy atom. The summed E-state index contributed by atoms with van der Waals surface area (Å²) in [7, 11) is 2.19. The van der Waals surface area contributed by atoms with E-state index in [2.05, 4.69) is 27.8 Å². The minimum Gasteiger partial charge on any atom is -0.492 e. The molecule has 2 saturated heterocycles. The van der Waals surface area contributed by atoms with Crippen LogP contribution in [0.15, 0.2) is 41.0 Å². The third-order valence-corrected chi connectivity index (χ3v) is 8.07. The van der Waals surface area contributed by atoms with E-state index in [1.54, 1.807) is 6.26 Å². The number of carbonyl (C=O) groups excluding carboxylic acids is 2. The highest BCUT2D eigenvalue weighted by Crippen LogP contribution is 2.37. The largest absolute Gasteiger partial charge is 0.492 e. The predicted molar refractivity (Wildman–Crippen MR) is 135 cm³/mol. The summed E-state index contributed by atoms with van der Waals surface area (Å²) in [5.74, 6) is -0.00165. The van der Waals surface area contributed by atoms with Gasteiger partial charge < -0.3 is 9.15 Å². The SMILES string of the molecule is CSN1CCC(N(C)CCOc2ccc3c(ccc4occ(C5CCC(=O)NC5=O)c43)c2)CC1. The summed E-state index contributed by atoms with van der Waals surface area (Å²) < 4.78 is 14.3. The summed E-state index contributed by atoms with van der Waals surface area (Å²) in [6, 6.07) is 10.6. The summed E-state index contributed by atoms with van der Waals surface area (Å²) >= 11 is 1.84. The topological polar surface area (TPSA) is 75.0 Å². The Hall–Kier alpha value is -2.55. The number of amides is 2. The smallest absolute Gasteiger partial charge is 0.234 e. The Labute approximate surface area is 203 Å². The molecule has 3 heterocycles. The van der Waals surface area contributed by atoms with Gasteiger partial charge in [-0.25, -0.2) is 0 Å². The molecule has 8 heteroatoms. The second kappa shape index (κ2) is 9.98. The van der Waals surface area contributed by atoms with Gasteiger partial charge in [0.25, 0.3) is 0 Å². The van der Waals surface area contributed by atoms with Crippen molar-refractivity contribution in [3.05, 3.63) is 42.2 Å². The number of nitrogens with one attached hydrogen (secondary N) is 1. The van der Waals surface area contributed by atoms with Gasteiger partial charge in [-0.2, -0.15) is 0 Å². The molecule has 1 atom stereocenters. The summed E-state index contributed by atoms with van der Waals surface area (Å²) in [6.07, 6.45) is 7.05. The lowest BCUT2D eigenvalue weighted by molar-refractivity contribution is -0.134. The molecule has 180 valence electrons. The Kier molecular flexibility index (Phi) is 6.81. The number of piperidine rings is 2. The van der Waals surface area contributed by atoms with Crippen LogP contribution in [0.4, 0.5) is 0 Å². The number of imide groups is 1. The predicted octanol–water partition coefficient (Wildman–Crippen LogP) is 4.16. The van der Waals surface area contributed by atoms with Gasteiger partial charge >= 0.3 is 0 Å². The molecule has 3 aromatic rings. The molecule has 1 N–H and O–H groups in total. The highest BCUT2D eigenvalue weighted by Gasteiger charge is 2.31. The van der Waals surface area contributed by atoms with Gasteiger partial charge in [-0.3, -0.25) is 24.1 Å².